The molecule has 1 unspecified atom stereocenters. The lowest BCUT2D eigenvalue weighted by atomic mass is 10.1. The van der Waals surface area contributed by atoms with Crippen LogP contribution in [-0.2, 0) is 9.59 Å². The van der Waals surface area contributed by atoms with E-state index in [-0.39, 0.29) is 17.7 Å². The van der Waals surface area contributed by atoms with Crippen LogP contribution in [-0.4, -0.2) is 17.9 Å². The SMILES string of the molecule is CC(C)CC(=O)Nc1cccc2c1NC(=O)C(C)O2. The molecule has 5 nitrogen and oxygen atoms in total. The van der Waals surface area contributed by atoms with E-state index < -0.39 is 6.10 Å². The molecule has 0 fully saturated rings. The normalized spacial score (nSPS) is 17.5. The summed E-state index contributed by atoms with van der Waals surface area (Å²) in [6, 6.07) is 5.30. The zero-order valence-corrected chi connectivity index (χ0v) is 11.3. The molecule has 1 aliphatic rings. The maximum absolute atomic E-state index is 11.8. The Labute approximate surface area is 112 Å². The number of hydrogen-bond acceptors (Lipinski definition) is 3. The molecular formula is C14H18N2O3. The first-order valence-electron chi connectivity index (χ1n) is 6.37. The summed E-state index contributed by atoms with van der Waals surface area (Å²) in [5, 5.41) is 5.56. The van der Waals surface area contributed by atoms with Crippen molar-refractivity contribution in [3.63, 3.8) is 0 Å². The summed E-state index contributed by atoms with van der Waals surface area (Å²) in [4.78, 5) is 23.4. The largest absolute Gasteiger partial charge is 0.479 e. The molecular weight excluding hydrogens is 244 g/mol. The maximum atomic E-state index is 11.8. The van der Waals surface area contributed by atoms with Crippen molar-refractivity contribution in [3.05, 3.63) is 18.2 Å². The first kappa shape index (κ1) is 13.4. The second-order valence-electron chi connectivity index (χ2n) is 5.07. The van der Waals surface area contributed by atoms with Gasteiger partial charge in [0, 0.05) is 6.42 Å². The predicted molar refractivity (Wildman–Crippen MR) is 73.2 cm³/mol. The van der Waals surface area contributed by atoms with Crippen LogP contribution in [0.4, 0.5) is 11.4 Å². The zero-order chi connectivity index (χ0) is 14.0. The van der Waals surface area contributed by atoms with Crippen molar-refractivity contribution in [2.24, 2.45) is 5.92 Å². The molecule has 1 heterocycles. The third-order valence-corrected chi connectivity index (χ3v) is 2.82. The summed E-state index contributed by atoms with van der Waals surface area (Å²) in [6.07, 6.45) is -0.0800. The molecule has 0 saturated carbocycles. The monoisotopic (exact) mass is 262 g/mol. The third-order valence-electron chi connectivity index (χ3n) is 2.82. The number of fused-ring (bicyclic) bond motifs is 1. The highest BCUT2D eigenvalue weighted by atomic mass is 16.5. The fourth-order valence-electron chi connectivity index (χ4n) is 1.90. The number of hydrogen-bond donors (Lipinski definition) is 2. The van der Waals surface area contributed by atoms with Crippen molar-refractivity contribution in [3.8, 4) is 5.75 Å². The standard InChI is InChI=1S/C14H18N2O3/c1-8(2)7-12(17)15-10-5-4-6-11-13(10)16-14(18)9(3)19-11/h4-6,8-9H,7H2,1-3H3,(H,15,17)(H,16,18). The average molecular weight is 262 g/mol. The highest BCUT2D eigenvalue weighted by Gasteiger charge is 2.25. The number of rotatable bonds is 3. The molecule has 0 aliphatic carbocycles. The molecule has 0 aromatic heterocycles. The molecule has 0 radical (unpaired) electrons. The zero-order valence-electron chi connectivity index (χ0n) is 11.3. The van der Waals surface area contributed by atoms with E-state index in [0.717, 1.165) is 0 Å². The summed E-state index contributed by atoms with van der Waals surface area (Å²) in [5.41, 5.74) is 1.10. The number of ether oxygens (including phenoxy) is 1. The first-order chi connectivity index (χ1) is 8.97. The molecule has 2 amide bonds. The molecule has 1 aromatic rings. The van der Waals surface area contributed by atoms with E-state index in [1.54, 1.807) is 25.1 Å². The van der Waals surface area contributed by atoms with E-state index in [9.17, 15) is 9.59 Å². The fraction of sp³-hybridized carbons (Fsp3) is 0.429. The Morgan fingerprint density at radius 3 is 2.89 bits per heavy atom. The van der Waals surface area contributed by atoms with Crippen LogP contribution < -0.4 is 15.4 Å². The smallest absolute Gasteiger partial charge is 0.265 e. The van der Waals surface area contributed by atoms with Crippen molar-refractivity contribution in [1.82, 2.24) is 0 Å². The lowest BCUT2D eigenvalue weighted by molar-refractivity contribution is -0.122. The van der Waals surface area contributed by atoms with Crippen LogP contribution >= 0.6 is 0 Å². The lowest BCUT2D eigenvalue weighted by Crippen LogP contribution is -2.34. The summed E-state index contributed by atoms with van der Waals surface area (Å²) < 4.78 is 5.48. The second-order valence-corrected chi connectivity index (χ2v) is 5.07. The molecule has 19 heavy (non-hydrogen) atoms. The van der Waals surface area contributed by atoms with E-state index >= 15 is 0 Å². The minimum absolute atomic E-state index is 0.0729. The highest BCUT2D eigenvalue weighted by Crippen LogP contribution is 2.36. The Morgan fingerprint density at radius 2 is 2.21 bits per heavy atom. The summed E-state index contributed by atoms with van der Waals surface area (Å²) in [5.74, 6) is 0.578. The third kappa shape index (κ3) is 3.05. The van der Waals surface area contributed by atoms with Crippen LogP contribution in [0.1, 0.15) is 27.2 Å². The Kier molecular flexibility index (Phi) is 3.74. The molecule has 5 heteroatoms. The van der Waals surface area contributed by atoms with Crippen LogP contribution in [0.5, 0.6) is 5.75 Å². The number of carbonyl (C=O) groups is 2. The minimum atomic E-state index is -0.519. The van der Waals surface area contributed by atoms with Gasteiger partial charge in [0.2, 0.25) is 5.91 Å². The molecule has 2 N–H and O–H groups in total. The number of anilines is 2. The van der Waals surface area contributed by atoms with Gasteiger partial charge in [-0.05, 0) is 25.0 Å². The fourth-order valence-corrected chi connectivity index (χ4v) is 1.90. The number of carbonyl (C=O) groups excluding carboxylic acids is 2. The average Bonchev–Trinajstić information content (AvgIpc) is 2.30. The molecule has 1 aliphatic heterocycles. The van der Waals surface area contributed by atoms with Crippen molar-refractivity contribution < 1.29 is 14.3 Å². The van der Waals surface area contributed by atoms with Crippen molar-refractivity contribution in [2.75, 3.05) is 10.6 Å². The van der Waals surface area contributed by atoms with Gasteiger partial charge in [-0.3, -0.25) is 9.59 Å². The van der Waals surface area contributed by atoms with Crippen LogP contribution in [0.3, 0.4) is 0 Å². The Morgan fingerprint density at radius 1 is 1.47 bits per heavy atom. The van der Waals surface area contributed by atoms with Crippen LogP contribution in [0.25, 0.3) is 0 Å². The Balaban J connectivity index is 2.21. The van der Waals surface area contributed by atoms with Crippen LogP contribution in [0.2, 0.25) is 0 Å². The lowest BCUT2D eigenvalue weighted by Gasteiger charge is -2.25. The molecule has 1 aromatic carbocycles. The summed E-state index contributed by atoms with van der Waals surface area (Å²) in [7, 11) is 0. The van der Waals surface area contributed by atoms with E-state index in [2.05, 4.69) is 10.6 Å². The van der Waals surface area contributed by atoms with Gasteiger partial charge in [0.15, 0.2) is 6.10 Å². The van der Waals surface area contributed by atoms with Gasteiger partial charge in [0.05, 0.1) is 5.69 Å². The molecule has 1 atom stereocenters. The quantitative estimate of drug-likeness (QED) is 0.879. The molecule has 0 saturated heterocycles. The highest BCUT2D eigenvalue weighted by molar-refractivity contribution is 6.04. The van der Waals surface area contributed by atoms with Crippen LogP contribution in [0, 0.1) is 5.92 Å². The van der Waals surface area contributed by atoms with E-state index in [1.807, 2.05) is 13.8 Å². The van der Waals surface area contributed by atoms with Gasteiger partial charge in [0.25, 0.3) is 5.91 Å². The van der Waals surface area contributed by atoms with Crippen molar-refractivity contribution >= 4 is 23.2 Å². The molecule has 2 rings (SSSR count). The van der Waals surface area contributed by atoms with Gasteiger partial charge >= 0.3 is 0 Å². The second kappa shape index (κ2) is 5.30. The van der Waals surface area contributed by atoms with E-state index in [1.165, 1.54) is 0 Å². The number of nitrogens with one attached hydrogen (secondary N) is 2. The Bertz CT molecular complexity index is 511. The maximum Gasteiger partial charge on any atom is 0.265 e. The van der Waals surface area contributed by atoms with Crippen molar-refractivity contribution in [2.45, 2.75) is 33.3 Å². The molecule has 102 valence electrons. The van der Waals surface area contributed by atoms with Gasteiger partial charge in [-0.1, -0.05) is 19.9 Å². The van der Waals surface area contributed by atoms with Gasteiger partial charge in [-0.15, -0.1) is 0 Å². The topological polar surface area (TPSA) is 67.4 Å². The number of amides is 2. The van der Waals surface area contributed by atoms with Crippen LogP contribution in [0.15, 0.2) is 18.2 Å². The Hall–Kier alpha value is -2.04. The van der Waals surface area contributed by atoms with Gasteiger partial charge in [-0.25, -0.2) is 0 Å². The summed E-state index contributed by atoms with van der Waals surface area (Å²) in [6.45, 7) is 5.64. The van der Waals surface area contributed by atoms with Gasteiger partial charge in [-0.2, -0.15) is 0 Å². The predicted octanol–water partition coefficient (Wildman–Crippen LogP) is 2.39. The van der Waals surface area contributed by atoms with E-state index in [4.69, 9.17) is 4.74 Å². The van der Waals surface area contributed by atoms with Gasteiger partial charge < -0.3 is 15.4 Å². The number of benzene rings is 1. The van der Waals surface area contributed by atoms with Crippen molar-refractivity contribution in [1.29, 1.82) is 0 Å². The molecule has 0 spiro atoms. The summed E-state index contributed by atoms with van der Waals surface area (Å²) >= 11 is 0. The van der Waals surface area contributed by atoms with Gasteiger partial charge in [0.1, 0.15) is 11.4 Å². The van der Waals surface area contributed by atoms with E-state index in [0.29, 0.717) is 23.5 Å². The number of para-hydroxylation sites is 1. The minimum Gasteiger partial charge on any atom is -0.479 e. The first-order valence-corrected chi connectivity index (χ1v) is 6.37. The molecule has 0 bridgehead atoms.